The number of nitrogens with zero attached hydrogens (tertiary/aromatic N) is 3. The first-order valence-electron chi connectivity index (χ1n) is 16.3. The van der Waals surface area contributed by atoms with Crippen molar-refractivity contribution in [2.45, 2.75) is 0 Å². The van der Waals surface area contributed by atoms with E-state index in [1.54, 1.807) is 0 Å². The van der Waals surface area contributed by atoms with Crippen molar-refractivity contribution in [1.29, 1.82) is 0 Å². The monoisotopic (exact) mass is 611 g/mol. The highest BCUT2D eigenvalue weighted by Crippen LogP contribution is 2.46. The number of hydrogen-bond donors (Lipinski definition) is 0. The Morgan fingerprint density at radius 3 is 1.79 bits per heavy atom. The molecule has 3 aromatic heterocycles. The van der Waals surface area contributed by atoms with Crippen molar-refractivity contribution >= 4 is 87.1 Å². The molecule has 8 aromatic carbocycles. The predicted octanol–water partition coefficient (Wildman–Crippen LogP) is 11.8. The maximum absolute atomic E-state index is 6.28. The summed E-state index contributed by atoms with van der Waals surface area (Å²) < 4.78 is 8.61. The normalized spacial score (nSPS) is 12.2. The second-order valence-electron chi connectivity index (χ2n) is 12.5. The summed E-state index contributed by atoms with van der Waals surface area (Å²) >= 11 is 0. The molecule has 4 heteroatoms. The van der Waals surface area contributed by atoms with Crippen LogP contribution >= 0.6 is 0 Å². The van der Waals surface area contributed by atoms with Crippen LogP contribution in [-0.2, 0) is 0 Å². The van der Waals surface area contributed by atoms with Crippen LogP contribution in [0.25, 0.3) is 104 Å². The second kappa shape index (κ2) is 9.50. The number of hydrogen-bond acceptors (Lipinski definition) is 3. The second-order valence-corrected chi connectivity index (χ2v) is 12.5. The van der Waals surface area contributed by atoms with Gasteiger partial charge in [0.1, 0.15) is 16.8 Å². The molecule has 0 unspecified atom stereocenters. The van der Waals surface area contributed by atoms with Crippen LogP contribution in [0.15, 0.2) is 156 Å². The summed E-state index contributed by atoms with van der Waals surface area (Å²) in [6.07, 6.45) is 0. The Bertz CT molecular complexity index is 3080. The third kappa shape index (κ3) is 3.38. The fourth-order valence-electron chi connectivity index (χ4n) is 7.95. The van der Waals surface area contributed by atoms with Crippen LogP contribution in [0.3, 0.4) is 0 Å². The molecule has 0 aliphatic carbocycles. The molecule has 0 bridgehead atoms. The van der Waals surface area contributed by atoms with Crippen molar-refractivity contribution in [3.8, 4) is 17.1 Å². The van der Waals surface area contributed by atoms with Crippen LogP contribution in [-0.4, -0.2) is 14.5 Å². The molecule has 0 saturated carbocycles. The van der Waals surface area contributed by atoms with Crippen LogP contribution in [0, 0.1) is 0 Å². The van der Waals surface area contributed by atoms with E-state index in [9.17, 15) is 0 Å². The average Bonchev–Trinajstić information content (AvgIpc) is 3.70. The lowest BCUT2D eigenvalue weighted by Crippen LogP contribution is -2.03. The van der Waals surface area contributed by atoms with Gasteiger partial charge in [-0.1, -0.05) is 127 Å². The lowest BCUT2D eigenvalue weighted by atomic mass is 9.91. The summed E-state index contributed by atoms with van der Waals surface area (Å²) in [4.78, 5) is 10.7. The lowest BCUT2D eigenvalue weighted by Gasteiger charge is -2.14. The van der Waals surface area contributed by atoms with Gasteiger partial charge < -0.3 is 4.42 Å². The summed E-state index contributed by atoms with van der Waals surface area (Å²) in [5.74, 6) is 0.778. The molecule has 222 valence electrons. The quantitative estimate of drug-likeness (QED) is 0.183. The zero-order valence-corrected chi connectivity index (χ0v) is 25.7. The largest absolute Gasteiger partial charge is 0.436 e. The van der Waals surface area contributed by atoms with E-state index in [2.05, 4.69) is 120 Å². The lowest BCUT2D eigenvalue weighted by molar-refractivity contribution is 0.653. The molecule has 48 heavy (non-hydrogen) atoms. The summed E-state index contributed by atoms with van der Waals surface area (Å²) in [6.45, 7) is 0. The first-order chi connectivity index (χ1) is 23.8. The van der Waals surface area contributed by atoms with E-state index >= 15 is 0 Å². The number of rotatable bonds is 2. The van der Waals surface area contributed by atoms with Crippen LogP contribution in [0.5, 0.6) is 0 Å². The highest BCUT2D eigenvalue weighted by molar-refractivity contribution is 6.37. The number of fused-ring (bicyclic) bond motifs is 15. The minimum atomic E-state index is 0.535. The molecule has 0 aliphatic heterocycles. The van der Waals surface area contributed by atoms with Crippen molar-refractivity contribution in [1.82, 2.24) is 14.5 Å². The molecule has 0 atom stereocenters. The van der Waals surface area contributed by atoms with Gasteiger partial charge >= 0.3 is 0 Å². The molecular weight excluding hydrogens is 587 g/mol. The number of furan rings is 1. The fraction of sp³-hybridized carbons (Fsp3) is 0. The average molecular weight is 612 g/mol. The summed E-state index contributed by atoms with van der Waals surface area (Å²) in [5, 5.41) is 13.3. The minimum Gasteiger partial charge on any atom is -0.436 e. The van der Waals surface area contributed by atoms with Gasteiger partial charge in [0, 0.05) is 27.1 Å². The van der Waals surface area contributed by atoms with E-state index in [0.717, 1.165) is 44.6 Å². The zero-order chi connectivity index (χ0) is 31.3. The van der Waals surface area contributed by atoms with E-state index < -0.39 is 0 Å². The molecule has 0 saturated heterocycles. The van der Waals surface area contributed by atoms with Gasteiger partial charge in [-0.15, -0.1) is 0 Å². The van der Waals surface area contributed by atoms with E-state index in [-0.39, 0.29) is 0 Å². The molecule has 0 aliphatic rings. The Balaban J connectivity index is 1.41. The highest BCUT2D eigenvalue weighted by atomic mass is 16.3. The Kier molecular flexibility index (Phi) is 5.08. The van der Waals surface area contributed by atoms with E-state index in [4.69, 9.17) is 14.4 Å². The maximum Gasteiger partial charge on any atom is 0.247 e. The Morgan fingerprint density at radius 2 is 1.00 bits per heavy atom. The van der Waals surface area contributed by atoms with Crippen LogP contribution in [0.2, 0.25) is 0 Å². The van der Waals surface area contributed by atoms with Crippen LogP contribution < -0.4 is 0 Å². The summed E-state index contributed by atoms with van der Waals surface area (Å²) in [7, 11) is 0. The van der Waals surface area contributed by atoms with Gasteiger partial charge in [-0.25, -0.2) is 9.97 Å². The molecule has 0 spiro atoms. The molecule has 0 radical (unpaired) electrons. The van der Waals surface area contributed by atoms with Gasteiger partial charge in [0.15, 0.2) is 5.82 Å². The number of para-hydroxylation sites is 1. The third-order valence-corrected chi connectivity index (χ3v) is 9.98. The standard InChI is InChI=1S/C44H25N3O/c1-2-13-27(14-3-1)41-43(45-42-34-20-10-11-21-37(34)48-44(42)46-41)47-35-24-22-26-12-4-5-15-28(26)39(35)40-36(47)25-23-33-31-18-7-6-16-29(31)30-17-8-9-19-32(30)38(33)40/h1-25H. The molecule has 11 aromatic rings. The highest BCUT2D eigenvalue weighted by Gasteiger charge is 2.24. The Hall–Kier alpha value is -6.52. The molecule has 0 amide bonds. The van der Waals surface area contributed by atoms with Crippen molar-refractivity contribution in [2.75, 3.05) is 0 Å². The van der Waals surface area contributed by atoms with Crippen molar-refractivity contribution < 1.29 is 4.42 Å². The number of benzene rings is 8. The van der Waals surface area contributed by atoms with Gasteiger partial charge in [0.05, 0.1) is 11.0 Å². The SMILES string of the molecule is c1ccc(-c2nc3oc4ccccc4c3nc2-n2c3ccc4ccccc4c3c3c4c5ccccc5c5ccccc5c4ccc32)cc1. The first-order valence-corrected chi connectivity index (χ1v) is 16.3. The first kappa shape index (κ1) is 25.6. The predicted molar refractivity (Wildman–Crippen MR) is 199 cm³/mol. The van der Waals surface area contributed by atoms with Crippen molar-refractivity contribution in [3.63, 3.8) is 0 Å². The number of aromatic nitrogens is 3. The summed E-state index contributed by atoms with van der Waals surface area (Å²) in [6, 6.07) is 53.8. The molecule has 0 fully saturated rings. The Labute approximate surface area is 274 Å². The van der Waals surface area contributed by atoms with Gasteiger partial charge in [-0.2, -0.15) is 0 Å². The van der Waals surface area contributed by atoms with Crippen molar-refractivity contribution in [2.24, 2.45) is 0 Å². The third-order valence-electron chi connectivity index (χ3n) is 9.98. The Morgan fingerprint density at radius 1 is 0.417 bits per heavy atom. The zero-order valence-electron chi connectivity index (χ0n) is 25.7. The van der Waals surface area contributed by atoms with Gasteiger partial charge in [-0.05, 0) is 62.0 Å². The summed E-state index contributed by atoms with van der Waals surface area (Å²) in [5.41, 5.74) is 6.01. The molecular formula is C44H25N3O. The van der Waals surface area contributed by atoms with Crippen LogP contribution in [0.4, 0.5) is 0 Å². The van der Waals surface area contributed by atoms with E-state index in [1.807, 2.05) is 36.4 Å². The molecule has 3 heterocycles. The fourth-order valence-corrected chi connectivity index (χ4v) is 7.95. The molecule has 11 rings (SSSR count). The van der Waals surface area contributed by atoms with Gasteiger partial charge in [0.2, 0.25) is 5.71 Å². The smallest absolute Gasteiger partial charge is 0.247 e. The maximum atomic E-state index is 6.28. The van der Waals surface area contributed by atoms with Crippen molar-refractivity contribution in [3.05, 3.63) is 152 Å². The minimum absolute atomic E-state index is 0.535. The van der Waals surface area contributed by atoms with E-state index in [1.165, 1.54) is 53.9 Å². The van der Waals surface area contributed by atoms with Gasteiger partial charge in [-0.3, -0.25) is 4.57 Å². The topological polar surface area (TPSA) is 43.9 Å². The molecule has 4 nitrogen and oxygen atoms in total. The van der Waals surface area contributed by atoms with E-state index in [0.29, 0.717) is 5.71 Å². The molecule has 0 N–H and O–H groups in total. The van der Waals surface area contributed by atoms with Gasteiger partial charge in [0.25, 0.3) is 0 Å². The van der Waals surface area contributed by atoms with Crippen LogP contribution in [0.1, 0.15) is 0 Å².